The number of unbranched alkanes of at least 4 members (excludes halogenated alkanes) is 1. The molecule has 0 aliphatic heterocycles. The number of hydrogen-bond donors (Lipinski definition) is 0. The van der Waals surface area contributed by atoms with Gasteiger partial charge in [0.2, 0.25) is 0 Å². The predicted molar refractivity (Wildman–Crippen MR) is 117 cm³/mol. The van der Waals surface area contributed by atoms with Crippen LogP contribution < -0.4 is 0 Å². The molecular formula is C21H27IO3S. The number of hydrogen-bond acceptors (Lipinski definition) is 3. The van der Waals surface area contributed by atoms with Crippen LogP contribution in [0.25, 0.3) is 0 Å². The van der Waals surface area contributed by atoms with Gasteiger partial charge in [0.25, 0.3) is 0 Å². The summed E-state index contributed by atoms with van der Waals surface area (Å²) in [5.41, 5.74) is 2.31. The summed E-state index contributed by atoms with van der Waals surface area (Å²) in [5.74, 6) is 0. The van der Waals surface area contributed by atoms with E-state index in [4.69, 9.17) is 2.51 Å². The molecule has 0 heterocycles. The van der Waals surface area contributed by atoms with E-state index in [9.17, 15) is 8.42 Å². The van der Waals surface area contributed by atoms with Crippen LogP contribution in [0.2, 0.25) is 0 Å². The third-order valence-corrected chi connectivity index (χ3v) is 11.1. The summed E-state index contributed by atoms with van der Waals surface area (Å²) >= 11 is -2.48. The molecule has 0 aliphatic carbocycles. The summed E-state index contributed by atoms with van der Waals surface area (Å²) in [4.78, 5) is 0.223. The Morgan fingerprint density at radius 1 is 1.04 bits per heavy atom. The van der Waals surface area contributed by atoms with Gasteiger partial charge in [0.05, 0.1) is 0 Å². The number of rotatable bonds is 9. The van der Waals surface area contributed by atoms with Crippen LogP contribution in [0.15, 0.2) is 69.1 Å². The molecule has 3 nitrogen and oxygen atoms in total. The van der Waals surface area contributed by atoms with Gasteiger partial charge in [-0.15, -0.1) is 0 Å². The quantitative estimate of drug-likeness (QED) is 0.382. The molecule has 2 aromatic carbocycles. The number of benzene rings is 2. The molecule has 0 N–H and O–H groups in total. The molecular weight excluding hydrogens is 459 g/mol. The average Bonchev–Trinajstić information content (AvgIpc) is 2.65. The zero-order valence-corrected chi connectivity index (χ0v) is 18.6. The molecule has 142 valence electrons. The van der Waals surface area contributed by atoms with Gasteiger partial charge in [0.1, 0.15) is 0 Å². The first-order valence-corrected chi connectivity index (χ1v) is 13.5. The molecule has 0 atom stereocenters. The molecule has 2 aromatic rings. The van der Waals surface area contributed by atoms with Gasteiger partial charge in [-0.3, -0.25) is 0 Å². The molecule has 0 aromatic heterocycles. The van der Waals surface area contributed by atoms with Gasteiger partial charge in [-0.05, 0) is 0 Å². The first-order valence-electron chi connectivity index (χ1n) is 8.91. The standard InChI is InChI=1S/C21H27IO3S/c1-4-6-10-19(5-2)17-22(20-11-8-7-9-12-20)25-26(23,24)21-15-13-18(3)14-16-21/h7-9,11-17H,4-6,10H2,1-3H3/b19-17+. The van der Waals surface area contributed by atoms with Gasteiger partial charge in [-0.1, -0.05) is 0 Å². The number of aryl methyl sites for hydroxylation is 1. The molecule has 0 saturated carbocycles. The Bertz CT molecular complexity index is 812. The van der Waals surface area contributed by atoms with Crippen molar-refractivity contribution in [3.8, 4) is 0 Å². The Labute approximate surface area is 165 Å². The first-order chi connectivity index (χ1) is 12.5. The molecule has 0 bridgehead atoms. The summed E-state index contributed by atoms with van der Waals surface area (Å²) < 4.78 is 34.5. The minimum atomic E-state index is -3.77. The second-order valence-electron chi connectivity index (χ2n) is 6.13. The molecule has 2 rings (SSSR count). The minimum absolute atomic E-state index is 0.223. The van der Waals surface area contributed by atoms with Crippen molar-refractivity contribution in [1.29, 1.82) is 0 Å². The van der Waals surface area contributed by atoms with Crippen LogP contribution in [-0.2, 0) is 12.6 Å². The fraction of sp³-hybridized carbons (Fsp3) is 0.333. The predicted octanol–water partition coefficient (Wildman–Crippen LogP) is 6.48. The van der Waals surface area contributed by atoms with Gasteiger partial charge in [0, 0.05) is 0 Å². The summed E-state index contributed by atoms with van der Waals surface area (Å²) in [6, 6.07) is 16.6. The molecule has 0 spiro atoms. The Balaban J connectivity index is 2.35. The fourth-order valence-electron chi connectivity index (χ4n) is 2.34. The second kappa shape index (κ2) is 10.2. The second-order valence-corrected chi connectivity index (χ2v) is 12.2. The molecule has 0 amide bonds. The monoisotopic (exact) mass is 486 g/mol. The van der Waals surface area contributed by atoms with E-state index >= 15 is 0 Å². The van der Waals surface area contributed by atoms with Crippen molar-refractivity contribution in [2.45, 2.75) is 51.3 Å². The zero-order chi connectivity index (χ0) is 19.0. The summed E-state index contributed by atoms with van der Waals surface area (Å²) in [6.07, 6.45) is 4.17. The van der Waals surface area contributed by atoms with Gasteiger partial charge >= 0.3 is 166 Å². The van der Waals surface area contributed by atoms with Crippen molar-refractivity contribution in [2.24, 2.45) is 0 Å². The Morgan fingerprint density at radius 2 is 1.69 bits per heavy atom. The van der Waals surface area contributed by atoms with E-state index in [1.807, 2.05) is 37.3 Å². The van der Waals surface area contributed by atoms with Crippen LogP contribution in [0.3, 0.4) is 0 Å². The van der Waals surface area contributed by atoms with Crippen LogP contribution in [0.4, 0.5) is 0 Å². The van der Waals surface area contributed by atoms with Crippen LogP contribution in [0, 0.1) is 10.5 Å². The van der Waals surface area contributed by atoms with E-state index < -0.39 is 30.4 Å². The van der Waals surface area contributed by atoms with Gasteiger partial charge in [-0.25, -0.2) is 0 Å². The van der Waals surface area contributed by atoms with E-state index in [0.717, 1.165) is 34.8 Å². The van der Waals surface area contributed by atoms with E-state index in [-0.39, 0.29) is 4.90 Å². The number of allylic oxidation sites excluding steroid dienone is 1. The van der Waals surface area contributed by atoms with E-state index in [1.165, 1.54) is 5.57 Å². The first kappa shape index (κ1) is 21.1. The Hall–Kier alpha value is -1.18. The van der Waals surface area contributed by atoms with Gasteiger partial charge in [0.15, 0.2) is 0 Å². The normalized spacial score (nSPS) is 12.9. The van der Waals surface area contributed by atoms with Crippen molar-refractivity contribution in [3.05, 3.63) is 73.4 Å². The topological polar surface area (TPSA) is 43.4 Å². The van der Waals surface area contributed by atoms with Crippen molar-refractivity contribution in [2.75, 3.05) is 0 Å². The van der Waals surface area contributed by atoms with Crippen molar-refractivity contribution >= 4 is 30.4 Å². The van der Waals surface area contributed by atoms with Crippen LogP contribution in [0.1, 0.15) is 45.1 Å². The summed E-state index contributed by atoms with van der Waals surface area (Å²) in [5, 5.41) is 0. The number of halogens is 1. The van der Waals surface area contributed by atoms with Crippen LogP contribution in [-0.4, -0.2) is 8.42 Å². The average molecular weight is 486 g/mol. The molecule has 0 unspecified atom stereocenters. The zero-order valence-electron chi connectivity index (χ0n) is 15.6. The summed E-state index contributed by atoms with van der Waals surface area (Å²) in [6.45, 7) is 6.22. The molecule has 5 heteroatoms. The molecule has 26 heavy (non-hydrogen) atoms. The van der Waals surface area contributed by atoms with Crippen molar-refractivity contribution in [3.63, 3.8) is 0 Å². The maximum absolute atomic E-state index is 12.8. The fourth-order valence-corrected chi connectivity index (χ4v) is 9.29. The molecule has 0 fully saturated rings. The maximum atomic E-state index is 12.8. The Kier molecular flexibility index (Phi) is 8.31. The van der Waals surface area contributed by atoms with Crippen LogP contribution >= 0.6 is 20.2 Å². The van der Waals surface area contributed by atoms with Gasteiger partial charge < -0.3 is 0 Å². The van der Waals surface area contributed by atoms with E-state index in [1.54, 1.807) is 24.3 Å². The van der Waals surface area contributed by atoms with E-state index in [2.05, 4.69) is 17.9 Å². The van der Waals surface area contributed by atoms with Gasteiger partial charge in [-0.2, -0.15) is 0 Å². The third kappa shape index (κ3) is 6.21. The summed E-state index contributed by atoms with van der Waals surface area (Å²) in [7, 11) is -3.77. The van der Waals surface area contributed by atoms with E-state index in [0.29, 0.717) is 0 Å². The molecule has 0 radical (unpaired) electrons. The SMILES string of the molecule is CCCC/C(=C/I(OS(=O)(=O)c1ccc(C)cc1)c1ccccc1)CC. The molecule has 0 saturated heterocycles. The van der Waals surface area contributed by atoms with Crippen LogP contribution in [0.5, 0.6) is 0 Å². The van der Waals surface area contributed by atoms with Crippen molar-refractivity contribution in [1.82, 2.24) is 0 Å². The third-order valence-electron chi connectivity index (χ3n) is 3.97. The van der Waals surface area contributed by atoms with Crippen molar-refractivity contribution < 1.29 is 10.9 Å². The molecule has 0 aliphatic rings. The Morgan fingerprint density at radius 3 is 2.27 bits per heavy atom.